The van der Waals surface area contributed by atoms with Crippen molar-refractivity contribution < 1.29 is 23.2 Å². The van der Waals surface area contributed by atoms with Gasteiger partial charge in [-0.15, -0.1) is 0 Å². The first kappa shape index (κ1) is 16.8. The molecule has 22 heavy (non-hydrogen) atoms. The van der Waals surface area contributed by atoms with Crippen LogP contribution in [0.4, 0.5) is 11.4 Å². The third kappa shape index (κ3) is 2.96. The molecule has 0 aliphatic rings. The van der Waals surface area contributed by atoms with Crippen LogP contribution >= 0.6 is 19.3 Å². The van der Waals surface area contributed by atoms with Gasteiger partial charge in [0.25, 0.3) is 5.69 Å². The third-order valence-electron chi connectivity index (χ3n) is 2.83. The Kier molecular flexibility index (Phi) is 5.09. The molecule has 0 saturated heterocycles. The molecule has 0 atom stereocenters. The van der Waals surface area contributed by atoms with Gasteiger partial charge in [0.2, 0.25) is 5.88 Å². The molecule has 0 fully saturated rings. The quantitative estimate of drug-likeness (QED) is 0.445. The smallest absolute Gasteiger partial charge is 0.359 e. The highest BCUT2D eigenvalue weighted by Gasteiger charge is 2.23. The second-order valence-electron chi connectivity index (χ2n) is 3.90. The maximum absolute atomic E-state index is 11.1. The number of non-ortho nitro benzene ring substituents is 1. The highest BCUT2D eigenvalue weighted by atomic mass is 32.1. The number of nitro groups is 1. The van der Waals surface area contributed by atoms with Crippen molar-refractivity contribution in [2.45, 2.75) is 0 Å². The summed E-state index contributed by atoms with van der Waals surface area (Å²) in [4.78, 5) is 10.6. The number of nitrogens with zero attached hydrogens (tertiary/aromatic N) is 3. The lowest BCUT2D eigenvalue weighted by Crippen LogP contribution is -1.92. The third-order valence-corrected chi connectivity index (χ3v) is 5.45. The molecule has 0 N–H and O–H groups in total. The molecule has 0 radical (unpaired) electrons. The number of aromatic nitrogens is 1. The molecule has 0 aliphatic carbocycles. The largest absolute Gasteiger partial charge is 0.480 e. The standard InChI is InChI=1S/C11H14N3O6PS/c1-17-11-10-8(12-21(18-2,19-3)20-4)5-7(14(15)16)6-9(10)22-13-11/h5-6H,1-4H3. The molecule has 0 aliphatic heterocycles. The molecule has 0 amide bonds. The van der Waals surface area contributed by atoms with Crippen LogP contribution in [0, 0.1) is 10.1 Å². The van der Waals surface area contributed by atoms with Crippen molar-refractivity contribution in [3.63, 3.8) is 0 Å². The van der Waals surface area contributed by atoms with Crippen molar-refractivity contribution in [1.29, 1.82) is 0 Å². The van der Waals surface area contributed by atoms with E-state index < -0.39 is 12.7 Å². The molecule has 1 aromatic heterocycles. The highest BCUT2D eigenvalue weighted by molar-refractivity contribution is 7.51. The lowest BCUT2D eigenvalue weighted by molar-refractivity contribution is -0.384. The molecule has 0 saturated carbocycles. The second-order valence-corrected chi connectivity index (χ2v) is 6.94. The Bertz CT molecular complexity index is 743. The average Bonchev–Trinajstić information content (AvgIpc) is 2.95. The van der Waals surface area contributed by atoms with Gasteiger partial charge in [-0.25, -0.2) is 0 Å². The fourth-order valence-corrected chi connectivity index (χ4v) is 3.73. The lowest BCUT2D eigenvalue weighted by Gasteiger charge is -2.17. The van der Waals surface area contributed by atoms with E-state index in [-0.39, 0.29) is 11.4 Å². The molecule has 2 aromatic rings. The average molecular weight is 347 g/mol. The Morgan fingerprint density at radius 3 is 2.36 bits per heavy atom. The van der Waals surface area contributed by atoms with Crippen LogP contribution in [0.1, 0.15) is 0 Å². The Hall–Kier alpha value is -1.58. The summed E-state index contributed by atoms with van der Waals surface area (Å²) in [5, 5.41) is 11.6. The summed E-state index contributed by atoms with van der Waals surface area (Å²) >= 11 is 1.08. The number of methoxy groups -OCH3 is 1. The molecule has 0 bridgehead atoms. The Labute approximate surface area is 130 Å². The van der Waals surface area contributed by atoms with Gasteiger partial charge in [-0.2, -0.15) is 9.12 Å². The Morgan fingerprint density at radius 2 is 1.86 bits per heavy atom. The number of hydrogen-bond acceptors (Lipinski definition) is 9. The van der Waals surface area contributed by atoms with Crippen LogP contribution in [0.5, 0.6) is 5.88 Å². The summed E-state index contributed by atoms with van der Waals surface area (Å²) in [5.74, 6) is 0.329. The second kappa shape index (κ2) is 6.67. The summed E-state index contributed by atoms with van der Waals surface area (Å²) in [6.45, 7) is 0. The van der Waals surface area contributed by atoms with Gasteiger partial charge in [0.1, 0.15) is 0 Å². The van der Waals surface area contributed by atoms with E-state index in [1.165, 1.54) is 40.6 Å². The van der Waals surface area contributed by atoms with E-state index in [0.29, 0.717) is 16.0 Å². The van der Waals surface area contributed by atoms with E-state index in [9.17, 15) is 10.1 Å². The number of fused-ring (bicyclic) bond motifs is 1. The van der Waals surface area contributed by atoms with E-state index >= 15 is 0 Å². The first-order valence-corrected chi connectivity index (χ1v) is 8.18. The number of benzene rings is 1. The van der Waals surface area contributed by atoms with E-state index in [2.05, 4.69) is 9.12 Å². The van der Waals surface area contributed by atoms with Gasteiger partial charge in [0.05, 0.1) is 27.8 Å². The fraction of sp³-hybridized carbons (Fsp3) is 0.364. The first-order valence-electron chi connectivity index (χ1n) is 5.91. The molecule has 9 nitrogen and oxygen atoms in total. The van der Waals surface area contributed by atoms with Crippen LogP contribution in [0.2, 0.25) is 0 Å². The van der Waals surface area contributed by atoms with Crippen molar-refractivity contribution in [2.24, 2.45) is 4.74 Å². The van der Waals surface area contributed by atoms with Gasteiger partial charge in [-0.1, -0.05) is 0 Å². The fourth-order valence-electron chi connectivity index (χ4n) is 1.81. The van der Waals surface area contributed by atoms with Gasteiger partial charge < -0.3 is 18.3 Å². The van der Waals surface area contributed by atoms with Crippen molar-refractivity contribution in [3.8, 4) is 5.88 Å². The maximum Gasteiger partial charge on any atom is 0.359 e. The monoisotopic (exact) mass is 347 g/mol. The summed E-state index contributed by atoms with van der Waals surface area (Å²) in [7, 11) is 2.64. The predicted molar refractivity (Wildman–Crippen MR) is 82.9 cm³/mol. The van der Waals surface area contributed by atoms with Gasteiger partial charge in [0.15, 0.2) is 0 Å². The van der Waals surface area contributed by atoms with Crippen LogP contribution in [0.3, 0.4) is 0 Å². The van der Waals surface area contributed by atoms with Gasteiger partial charge in [-0.3, -0.25) is 10.1 Å². The van der Waals surface area contributed by atoms with Crippen LogP contribution in [-0.2, 0) is 13.6 Å². The topological polar surface area (TPSA) is 105 Å². The number of rotatable bonds is 6. The van der Waals surface area contributed by atoms with Gasteiger partial charge in [0, 0.05) is 33.5 Å². The molecule has 0 unspecified atom stereocenters. The zero-order valence-electron chi connectivity index (χ0n) is 12.3. The lowest BCUT2D eigenvalue weighted by atomic mass is 10.2. The minimum atomic E-state index is -3.00. The summed E-state index contributed by atoms with van der Waals surface area (Å²) in [6.07, 6.45) is 0. The number of ether oxygens (including phenoxy) is 1. The zero-order chi connectivity index (χ0) is 16.3. The molecule has 120 valence electrons. The Morgan fingerprint density at radius 1 is 1.23 bits per heavy atom. The molecule has 2 rings (SSSR count). The van der Waals surface area contributed by atoms with Crippen LogP contribution in [0.25, 0.3) is 10.1 Å². The van der Waals surface area contributed by atoms with Crippen molar-refractivity contribution in [2.75, 3.05) is 28.4 Å². The minimum Gasteiger partial charge on any atom is -0.480 e. The predicted octanol–water partition coefficient (Wildman–Crippen LogP) is 3.73. The Balaban J connectivity index is 2.82. The molecular weight excluding hydrogens is 333 g/mol. The summed E-state index contributed by atoms with van der Waals surface area (Å²) in [6, 6.07) is 2.73. The van der Waals surface area contributed by atoms with E-state index in [4.69, 9.17) is 18.3 Å². The minimum absolute atomic E-state index is 0.112. The normalized spacial score (nSPS) is 11.6. The number of hydrogen-bond donors (Lipinski definition) is 0. The summed E-state index contributed by atoms with van der Waals surface area (Å²) in [5.41, 5.74) is 0.160. The van der Waals surface area contributed by atoms with E-state index in [0.717, 1.165) is 11.5 Å². The summed E-state index contributed by atoms with van der Waals surface area (Å²) < 4.78 is 29.8. The van der Waals surface area contributed by atoms with Crippen molar-refractivity contribution >= 4 is 40.7 Å². The van der Waals surface area contributed by atoms with E-state index in [1.807, 2.05) is 0 Å². The SMILES string of the molecule is COc1nsc2cc([N+](=O)[O-])cc(N=P(OC)(OC)OC)c12. The van der Waals surface area contributed by atoms with Crippen molar-refractivity contribution in [1.82, 2.24) is 4.37 Å². The number of nitro benzene ring substituents is 1. The molecular formula is C11H14N3O6PS. The van der Waals surface area contributed by atoms with E-state index in [1.54, 1.807) is 0 Å². The zero-order valence-corrected chi connectivity index (χ0v) is 14.0. The van der Waals surface area contributed by atoms with Gasteiger partial charge >= 0.3 is 7.74 Å². The molecule has 11 heteroatoms. The van der Waals surface area contributed by atoms with Gasteiger partial charge in [-0.05, 0) is 11.5 Å². The molecule has 0 spiro atoms. The maximum atomic E-state index is 11.1. The highest BCUT2D eigenvalue weighted by Crippen LogP contribution is 2.55. The van der Waals surface area contributed by atoms with Crippen LogP contribution in [0.15, 0.2) is 16.9 Å². The molecule has 1 heterocycles. The first-order chi connectivity index (χ1) is 10.5. The van der Waals surface area contributed by atoms with Crippen LogP contribution < -0.4 is 4.74 Å². The van der Waals surface area contributed by atoms with Crippen molar-refractivity contribution in [3.05, 3.63) is 22.2 Å². The molecule has 1 aromatic carbocycles. The van der Waals surface area contributed by atoms with Crippen LogP contribution in [-0.4, -0.2) is 37.7 Å².